The quantitative estimate of drug-likeness (QED) is 0.904. The maximum Gasteiger partial charge on any atom is 0.123 e. The van der Waals surface area contributed by atoms with Crippen LogP contribution in [0.3, 0.4) is 0 Å². The van der Waals surface area contributed by atoms with Gasteiger partial charge >= 0.3 is 0 Å². The fourth-order valence-electron chi connectivity index (χ4n) is 1.67. The fourth-order valence-corrected chi connectivity index (χ4v) is 2.67. The van der Waals surface area contributed by atoms with Gasteiger partial charge < -0.3 is 9.84 Å². The van der Waals surface area contributed by atoms with Gasteiger partial charge in [0, 0.05) is 4.88 Å². The van der Waals surface area contributed by atoms with Crippen molar-refractivity contribution in [1.82, 2.24) is 0 Å². The summed E-state index contributed by atoms with van der Waals surface area (Å²) in [5.41, 5.74) is 1.93. The summed E-state index contributed by atoms with van der Waals surface area (Å²) in [5.74, 6) is 0.837. The fraction of sp³-hybridized carbons (Fsp3) is 0.286. The van der Waals surface area contributed by atoms with Crippen LogP contribution in [0, 0.1) is 6.92 Å². The third kappa shape index (κ3) is 3.25. The van der Waals surface area contributed by atoms with Gasteiger partial charge in [0.15, 0.2) is 0 Å². The van der Waals surface area contributed by atoms with Crippen molar-refractivity contribution in [2.45, 2.75) is 26.6 Å². The van der Waals surface area contributed by atoms with Crippen LogP contribution < -0.4 is 4.74 Å². The molecule has 4 heteroatoms. The van der Waals surface area contributed by atoms with Crippen molar-refractivity contribution in [1.29, 1.82) is 0 Å². The number of halogens is 1. The van der Waals surface area contributed by atoms with E-state index in [0.29, 0.717) is 6.61 Å². The lowest BCUT2D eigenvalue weighted by atomic mass is 10.1. The van der Waals surface area contributed by atoms with Crippen LogP contribution in [-0.2, 0) is 6.61 Å². The number of aliphatic hydroxyl groups is 1. The van der Waals surface area contributed by atoms with Crippen molar-refractivity contribution in [3.63, 3.8) is 0 Å². The molecular formula is C14H15ClO2S. The van der Waals surface area contributed by atoms with E-state index in [1.165, 1.54) is 11.3 Å². The highest BCUT2D eigenvalue weighted by Crippen LogP contribution is 2.26. The molecule has 0 aliphatic carbocycles. The zero-order chi connectivity index (χ0) is 13.1. The maximum absolute atomic E-state index is 9.50. The first kappa shape index (κ1) is 13.4. The first-order valence-electron chi connectivity index (χ1n) is 5.72. The van der Waals surface area contributed by atoms with Gasteiger partial charge in [-0.05, 0) is 49.2 Å². The van der Waals surface area contributed by atoms with E-state index in [4.69, 9.17) is 16.3 Å². The molecule has 1 heterocycles. The standard InChI is InChI=1S/C14H15ClO2S/c1-9-7-11(10(2)16)3-5-13(9)17-8-12-4-6-14(15)18-12/h3-7,10,16H,8H2,1-2H3/t10-/m1/s1. The number of rotatable bonds is 4. The number of thiophene rings is 1. The average molecular weight is 283 g/mol. The van der Waals surface area contributed by atoms with Gasteiger partial charge in [0.2, 0.25) is 0 Å². The van der Waals surface area contributed by atoms with Gasteiger partial charge in [-0.15, -0.1) is 11.3 Å². The third-order valence-corrected chi connectivity index (χ3v) is 3.88. The molecule has 1 aromatic heterocycles. The number of ether oxygens (including phenoxy) is 1. The van der Waals surface area contributed by atoms with Gasteiger partial charge in [-0.3, -0.25) is 0 Å². The molecule has 0 aliphatic heterocycles. The topological polar surface area (TPSA) is 29.5 Å². The minimum absolute atomic E-state index is 0.450. The van der Waals surface area contributed by atoms with Crippen molar-refractivity contribution in [3.05, 3.63) is 50.7 Å². The molecule has 0 aliphatic rings. The molecule has 0 saturated carbocycles. The molecule has 0 unspecified atom stereocenters. The molecule has 0 fully saturated rings. The number of hydrogen-bond donors (Lipinski definition) is 1. The van der Waals surface area contributed by atoms with Crippen LogP contribution in [-0.4, -0.2) is 5.11 Å². The number of benzene rings is 1. The lowest BCUT2D eigenvalue weighted by Gasteiger charge is -2.11. The molecule has 96 valence electrons. The zero-order valence-electron chi connectivity index (χ0n) is 10.3. The van der Waals surface area contributed by atoms with Crippen LogP contribution in [0.2, 0.25) is 4.34 Å². The predicted molar refractivity (Wildman–Crippen MR) is 75.5 cm³/mol. The normalized spacial score (nSPS) is 12.4. The Kier molecular flexibility index (Phi) is 4.27. The van der Waals surface area contributed by atoms with Gasteiger partial charge in [-0.25, -0.2) is 0 Å². The molecule has 0 spiro atoms. The molecule has 18 heavy (non-hydrogen) atoms. The summed E-state index contributed by atoms with van der Waals surface area (Å²) in [6.45, 7) is 4.25. The van der Waals surface area contributed by atoms with E-state index in [0.717, 1.165) is 26.1 Å². The van der Waals surface area contributed by atoms with Crippen molar-refractivity contribution in [2.75, 3.05) is 0 Å². The van der Waals surface area contributed by atoms with Crippen LogP contribution in [0.25, 0.3) is 0 Å². The summed E-state index contributed by atoms with van der Waals surface area (Å²) >= 11 is 7.39. The second-order valence-electron chi connectivity index (χ2n) is 4.20. The molecule has 0 saturated heterocycles. The molecule has 2 aromatic rings. The summed E-state index contributed by atoms with van der Waals surface area (Å²) in [6, 6.07) is 9.56. The van der Waals surface area contributed by atoms with Gasteiger partial charge in [0.1, 0.15) is 12.4 Å². The minimum atomic E-state index is -0.450. The Bertz CT molecular complexity index is 534. The average Bonchev–Trinajstić information content (AvgIpc) is 2.73. The molecular weight excluding hydrogens is 268 g/mol. The highest BCUT2D eigenvalue weighted by atomic mass is 35.5. The zero-order valence-corrected chi connectivity index (χ0v) is 11.9. The molecule has 0 bridgehead atoms. The van der Waals surface area contributed by atoms with Crippen LogP contribution in [0.15, 0.2) is 30.3 Å². The summed E-state index contributed by atoms with van der Waals surface area (Å²) < 4.78 is 6.51. The third-order valence-electron chi connectivity index (χ3n) is 2.68. The summed E-state index contributed by atoms with van der Waals surface area (Å²) in [7, 11) is 0. The van der Waals surface area contributed by atoms with Crippen molar-refractivity contribution >= 4 is 22.9 Å². The van der Waals surface area contributed by atoms with E-state index in [-0.39, 0.29) is 0 Å². The Morgan fingerprint density at radius 3 is 2.67 bits per heavy atom. The van der Waals surface area contributed by atoms with Crippen LogP contribution >= 0.6 is 22.9 Å². The molecule has 1 N–H and O–H groups in total. The Balaban J connectivity index is 2.05. The van der Waals surface area contributed by atoms with Crippen molar-refractivity contribution in [2.24, 2.45) is 0 Å². The van der Waals surface area contributed by atoms with Crippen molar-refractivity contribution in [3.8, 4) is 5.75 Å². The van der Waals surface area contributed by atoms with Crippen LogP contribution in [0.1, 0.15) is 29.0 Å². The van der Waals surface area contributed by atoms with E-state index >= 15 is 0 Å². The van der Waals surface area contributed by atoms with Gasteiger partial charge in [0.05, 0.1) is 10.4 Å². The number of aryl methyl sites for hydroxylation is 1. The van der Waals surface area contributed by atoms with E-state index in [1.54, 1.807) is 6.92 Å². The summed E-state index contributed by atoms with van der Waals surface area (Å²) in [5, 5.41) is 9.50. The summed E-state index contributed by atoms with van der Waals surface area (Å²) in [6.07, 6.45) is -0.450. The number of hydrogen-bond acceptors (Lipinski definition) is 3. The second-order valence-corrected chi connectivity index (χ2v) is 6.00. The van der Waals surface area contributed by atoms with Crippen LogP contribution in [0.4, 0.5) is 0 Å². The lowest BCUT2D eigenvalue weighted by Crippen LogP contribution is -1.97. The Morgan fingerprint density at radius 2 is 2.11 bits per heavy atom. The largest absolute Gasteiger partial charge is 0.488 e. The molecule has 0 amide bonds. The first-order chi connectivity index (χ1) is 8.56. The monoisotopic (exact) mass is 282 g/mol. The van der Waals surface area contributed by atoms with Crippen LogP contribution in [0.5, 0.6) is 5.75 Å². The Morgan fingerprint density at radius 1 is 1.33 bits per heavy atom. The Hall–Kier alpha value is -1.03. The highest BCUT2D eigenvalue weighted by Gasteiger charge is 2.06. The molecule has 2 rings (SSSR count). The Labute approximate surface area is 116 Å². The van der Waals surface area contributed by atoms with E-state index in [2.05, 4.69) is 0 Å². The van der Waals surface area contributed by atoms with Gasteiger partial charge in [-0.1, -0.05) is 17.7 Å². The molecule has 1 atom stereocenters. The highest BCUT2D eigenvalue weighted by molar-refractivity contribution is 7.16. The maximum atomic E-state index is 9.50. The smallest absolute Gasteiger partial charge is 0.123 e. The summed E-state index contributed by atoms with van der Waals surface area (Å²) in [4.78, 5) is 1.10. The predicted octanol–water partition coefficient (Wildman–Crippen LogP) is 4.34. The number of aliphatic hydroxyl groups excluding tert-OH is 1. The van der Waals surface area contributed by atoms with E-state index < -0.39 is 6.10 Å². The molecule has 2 nitrogen and oxygen atoms in total. The van der Waals surface area contributed by atoms with Gasteiger partial charge in [-0.2, -0.15) is 0 Å². The van der Waals surface area contributed by atoms with Crippen molar-refractivity contribution < 1.29 is 9.84 Å². The second kappa shape index (κ2) is 5.74. The first-order valence-corrected chi connectivity index (χ1v) is 6.91. The van der Waals surface area contributed by atoms with E-state index in [9.17, 15) is 5.11 Å². The lowest BCUT2D eigenvalue weighted by molar-refractivity contribution is 0.199. The van der Waals surface area contributed by atoms with E-state index in [1.807, 2.05) is 37.3 Å². The SMILES string of the molecule is Cc1cc([C@@H](C)O)ccc1OCc1ccc(Cl)s1. The molecule has 0 radical (unpaired) electrons. The minimum Gasteiger partial charge on any atom is -0.488 e. The molecule has 1 aromatic carbocycles. The van der Waals surface area contributed by atoms with Gasteiger partial charge in [0.25, 0.3) is 0 Å².